The smallest absolute Gasteiger partial charge is 0.0774 e. The van der Waals surface area contributed by atoms with Crippen LogP contribution >= 0.6 is 0 Å². The Morgan fingerprint density at radius 1 is 1.71 bits per heavy atom. The van der Waals surface area contributed by atoms with Crippen molar-refractivity contribution in [3.8, 4) is 12.3 Å². The molecular formula is C12H21NO. The SMILES string of the molecule is C#CC(C)NCC1(O)CCCC(C)C1. The van der Waals surface area contributed by atoms with Crippen molar-refractivity contribution in [2.45, 2.75) is 51.2 Å². The highest BCUT2D eigenvalue weighted by Gasteiger charge is 2.32. The largest absolute Gasteiger partial charge is 0.389 e. The maximum atomic E-state index is 10.3. The van der Waals surface area contributed by atoms with Crippen LogP contribution in [0, 0.1) is 18.3 Å². The van der Waals surface area contributed by atoms with E-state index in [9.17, 15) is 5.11 Å². The fourth-order valence-corrected chi connectivity index (χ4v) is 2.19. The van der Waals surface area contributed by atoms with Crippen molar-refractivity contribution in [2.75, 3.05) is 6.54 Å². The lowest BCUT2D eigenvalue weighted by atomic mass is 9.79. The Labute approximate surface area is 87.1 Å². The minimum absolute atomic E-state index is 0.0521. The molecule has 0 aromatic carbocycles. The Balaban J connectivity index is 2.37. The molecule has 0 aromatic heterocycles. The zero-order chi connectivity index (χ0) is 10.6. The van der Waals surface area contributed by atoms with Gasteiger partial charge in [-0.1, -0.05) is 25.7 Å². The number of rotatable bonds is 3. The molecule has 1 aliphatic carbocycles. The third kappa shape index (κ3) is 3.32. The van der Waals surface area contributed by atoms with E-state index in [0.717, 1.165) is 19.3 Å². The van der Waals surface area contributed by atoms with Gasteiger partial charge in [0.1, 0.15) is 0 Å². The van der Waals surface area contributed by atoms with E-state index in [2.05, 4.69) is 18.2 Å². The Morgan fingerprint density at radius 2 is 2.43 bits per heavy atom. The van der Waals surface area contributed by atoms with Crippen molar-refractivity contribution in [1.29, 1.82) is 0 Å². The van der Waals surface area contributed by atoms with E-state index in [-0.39, 0.29) is 6.04 Å². The first-order valence-electron chi connectivity index (χ1n) is 5.48. The van der Waals surface area contributed by atoms with Gasteiger partial charge >= 0.3 is 0 Å². The molecule has 1 aliphatic rings. The molecular weight excluding hydrogens is 174 g/mol. The Morgan fingerprint density at radius 3 is 3.00 bits per heavy atom. The van der Waals surface area contributed by atoms with E-state index in [1.54, 1.807) is 0 Å². The van der Waals surface area contributed by atoms with Crippen LogP contribution in [-0.2, 0) is 0 Å². The van der Waals surface area contributed by atoms with Crippen molar-refractivity contribution in [2.24, 2.45) is 5.92 Å². The predicted molar refractivity (Wildman–Crippen MR) is 58.9 cm³/mol. The first kappa shape index (κ1) is 11.6. The average Bonchev–Trinajstić information content (AvgIpc) is 2.14. The van der Waals surface area contributed by atoms with Crippen LogP contribution in [0.3, 0.4) is 0 Å². The van der Waals surface area contributed by atoms with Gasteiger partial charge in [-0.25, -0.2) is 0 Å². The first-order valence-corrected chi connectivity index (χ1v) is 5.48. The van der Waals surface area contributed by atoms with Gasteiger partial charge in [-0.2, -0.15) is 0 Å². The van der Waals surface area contributed by atoms with Gasteiger partial charge in [0.2, 0.25) is 0 Å². The van der Waals surface area contributed by atoms with Crippen LogP contribution in [0.2, 0.25) is 0 Å². The van der Waals surface area contributed by atoms with Crippen LogP contribution < -0.4 is 5.32 Å². The number of nitrogens with one attached hydrogen (secondary N) is 1. The minimum atomic E-state index is -0.525. The van der Waals surface area contributed by atoms with Gasteiger partial charge in [0, 0.05) is 6.54 Å². The topological polar surface area (TPSA) is 32.3 Å². The lowest BCUT2D eigenvalue weighted by Crippen LogP contribution is -2.46. The molecule has 3 atom stereocenters. The van der Waals surface area contributed by atoms with Gasteiger partial charge in [-0.15, -0.1) is 6.42 Å². The molecule has 0 radical (unpaired) electrons. The highest BCUT2D eigenvalue weighted by Crippen LogP contribution is 2.31. The van der Waals surface area contributed by atoms with Crippen LogP contribution in [0.25, 0.3) is 0 Å². The molecule has 2 heteroatoms. The number of aliphatic hydroxyl groups is 1. The van der Waals surface area contributed by atoms with Crippen molar-refractivity contribution >= 4 is 0 Å². The molecule has 0 amide bonds. The number of terminal acetylenes is 1. The van der Waals surface area contributed by atoms with Crippen molar-refractivity contribution in [3.63, 3.8) is 0 Å². The minimum Gasteiger partial charge on any atom is -0.389 e. The third-order valence-corrected chi connectivity index (χ3v) is 3.05. The predicted octanol–water partition coefficient (Wildman–Crippen LogP) is 1.54. The van der Waals surface area contributed by atoms with E-state index in [0.29, 0.717) is 12.5 Å². The van der Waals surface area contributed by atoms with Crippen molar-refractivity contribution in [3.05, 3.63) is 0 Å². The lowest BCUT2D eigenvalue weighted by Gasteiger charge is -2.36. The Hall–Kier alpha value is -0.520. The second-order valence-electron chi connectivity index (χ2n) is 4.70. The molecule has 14 heavy (non-hydrogen) atoms. The molecule has 0 aliphatic heterocycles. The van der Waals surface area contributed by atoms with E-state index in [1.165, 1.54) is 6.42 Å². The summed E-state index contributed by atoms with van der Waals surface area (Å²) in [5, 5.41) is 13.4. The summed E-state index contributed by atoms with van der Waals surface area (Å²) in [7, 11) is 0. The van der Waals surface area contributed by atoms with Crippen LogP contribution in [0.5, 0.6) is 0 Å². The van der Waals surface area contributed by atoms with E-state index in [1.807, 2.05) is 6.92 Å². The Kier molecular flexibility index (Phi) is 3.97. The molecule has 0 bridgehead atoms. The summed E-state index contributed by atoms with van der Waals surface area (Å²) in [6.45, 7) is 4.77. The fourth-order valence-electron chi connectivity index (χ4n) is 2.19. The molecule has 0 heterocycles. The lowest BCUT2D eigenvalue weighted by molar-refractivity contribution is -0.0123. The van der Waals surface area contributed by atoms with Gasteiger partial charge in [0.15, 0.2) is 0 Å². The summed E-state index contributed by atoms with van der Waals surface area (Å²) in [5.74, 6) is 3.25. The molecule has 2 N–H and O–H groups in total. The summed E-state index contributed by atoms with van der Waals surface area (Å²) in [4.78, 5) is 0. The van der Waals surface area contributed by atoms with Crippen LogP contribution in [-0.4, -0.2) is 23.3 Å². The zero-order valence-electron chi connectivity index (χ0n) is 9.21. The molecule has 1 saturated carbocycles. The van der Waals surface area contributed by atoms with Crippen molar-refractivity contribution in [1.82, 2.24) is 5.32 Å². The molecule has 0 spiro atoms. The standard InChI is InChI=1S/C12H21NO/c1-4-11(3)13-9-12(14)7-5-6-10(2)8-12/h1,10-11,13-14H,5-9H2,2-3H3. The first-order chi connectivity index (χ1) is 6.56. The maximum Gasteiger partial charge on any atom is 0.0774 e. The monoisotopic (exact) mass is 195 g/mol. The quantitative estimate of drug-likeness (QED) is 0.670. The van der Waals surface area contributed by atoms with Crippen LogP contribution in [0.1, 0.15) is 39.5 Å². The number of hydrogen-bond donors (Lipinski definition) is 2. The van der Waals surface area contributed by atoms with E-state index in [4.69, 9.17) is 6.42 Å². The normalized spacial score (nSPS) is 34.9. The zero-order valence-corrected chi connectivity index (χ0v) is 9.21. The van der Waals surface area contributed by atoms with E-state index < -0.39 is 5.60 Å². The summed E-state index contributed by atoms with van der Waals surface area (Å²) in [6.07, 6.45) is 9.44. The molecule has 3 unspecified atom stereocenters. The van der Waals surface area contributed by atoms with Crippen LogP contribution in [0.15, 0.2) is 0 Å². The Bertz CT molecular complexity index is 221. The molecule has 1 rings (SSSR count). The van der Waals surface area contributed by atoms with Gasteiger partial charge in [0.05, 0.1) is 11.6 Å². The molecule has 0 aromatic rings. The molecule has 0 saturated heterocycles. The number of hydrogen-bond acceptors (Lipinski definition) is 2. The second kappa shape index (κ2) is 4.82. The second-order valence-corrected chi connectivity index (χ2v) is 4.70. The summed E-state index contributed by atoms with van der Waals surface area (Å²) in [6, 6.07) is 0.0521. The molecule has 80 valence electrons. The summed E-state index contributed by atoms with van der Waals surface area (Å²) >= 11 is 0. The van der Waals surface area contributed by atoms with Crippen molar-refractivity contribution < 1.29 is 5.11 Å². The average molecular weight is 195 g/mol. The highest BCUT2D eigenvalue weighted by molar-refractivity contribution is 4.97. The van der Waals surface area contributed by atoms with Gasteiger partial charge in [-0.05, 0) is 25.7 Å². The van der Waals surface area contributed by atoms with E-state index >= 15 is 0 Å². The molecule has 2 nitrogen and oxygen atoms in total. The maximum absolute atomic E-state index is 10.3. The third-order valence-electron chi connectivity index (χ3n) is 3.05. The summed E-state index contributed by atoms with van der Waals surface area (Å²) in [5.41, 5.74) is -0.525. The van der Waals surface area contributed by atoms with Gasteiger partial charge in [0.25, 0.3) is 0 Å². The fraction of sp³-hybridized carbons (Fsp3) is 0.833. The van der Waals surface area contributed by atoms with Gasteiger partial charge in [-0.3, -0.25) is 0 Å². The summed E-state index contributed by atoms with van der Waals surface area (Å²) < 4.78 is 0. The highest BCUT2D eigenvalue weighted by atomic mass is 16.3. The molecule has 1 fully saturated rings. The van der Waals surface area contributed by atoms with Gasteiger partial charge < -0.3 is 10.4 Å². The van der Waals surface area contributed by atoms with Crippen LogP contribution in [0.4, 0.5) is 0 Å².